The molecule has 0 bridgehead atoms. The van der Waals surface area contributed by atoms with E-state index in [0.717, 1.165) is 13.0 Å². The third-order valence-electron chi connectivity index (χ3n) is 1.63. The average Bonchev–Trinajstić information content (AvgIpc) is 1.98. The van der Waals surface area contributed by atoms with Crippen LogP contribution in [0.2, 0.25) is 0 Å². The zero-order chi connectivity index (χ0) is 9.56. The Labute approximate surface area is 73.7 Å². The van der Waals surface area contributed by atoms with Crippen LogP contribution in [0.3, 0.4) is 0 Å². The molecule has 0 aliphatic heterocycles. The first-order valence-corrected chi connectivity index (χ1v) is 4.39. The second-order valence-electron chi connectivity index (χ2n) is 2.85. The molecule has 0 aromatic carbocycles. The van der Waals surface area contributed by atoms with E-state index < -0.39 is 0 Å². The summed E-state index contributed by atoms with van der Waals surface area (Å²) in [5.74, 6) is -0.110. The van der Waals surface area contributed by atoms with Gasteiger partial charge in [0.2, 0.25) is 5.91 Å². The van der Waals surface area contributed by atoms with Gasteiger partial charge in [-0.25, -0.2) is 0 Å². The molecule has 70 valence electrons. The molecule has 0 aromatic rings. The Morgan fingerprint density at radius 1 is 1.25 bits per heavy atom. The lowest BCUT2D eigenvalue weighted by atomic mass is 10.2. The van der Waals surface area contributed by atoms with Crippen LogP contribution < -0.4 is 0 Å². The summed E-state index contributed by atoms with van der Waals surface area (Å²) in [6.45, 7) is 6.83. The molecule has 0 aromatic heterocycles. The molecule has 0 aliphatic rings. The Morgan fingerprint density at radius 3 is 2.17 bits per heavy atom. The highest BCUT2D eigenvalue weighted by Gasteiger charge is 2.11. The van der Waals surface area contributed by atoms with Gasteiger partial charge in [0.15, 0.2) is 0 Å². The van der Waals surface area contributed by atoms with Gasteiger partial charge in [-0.1, -0.05) is 6.92 Å². The lowest BCUT2D eigenvalue weighted by Crippen LogP contribution is -2.32. The molecule has 0 saturated heterocycles. The third-order valence-corrected chi connectivity index (χ3v) is 1.63. The van der Waals surface area contributed by atoms with Crippen LogP contribution in [0.25, 0.3) is 0 Å². The van der Waals surface area contributed by atoms with Gasteiger partial charge in [0.25, 0.3) is 0 Å². The third kappa shape index (κ3) is 4.11. The van der Waals surface area contributed by atoms with Gasteiger partial charge in [0, 0.05) is 13.1 Å². The number of amides is 1. The molecule has 3 heteroatoms. The molecule has 0 unspecified atom stereocenters. The highest BCUT2D eigenvalue weighted by atomic mass is 16.2. The lowest BCUT2D eigenvalue weighted by molar-refractivity contribution is -0.134. The monoisotopic (exact) mass is 171 g/mol. The van der Waals surface area contributed by atoms with Crippen LogP contribution in [-0.4, -0.2) is 29.7 Å². The van der Waals surface area contributed by atoms with E-state index in [-0.39, 0.29) is 18.1 Å². The lowest BCUT2D eigenvalue weighted by Gasteiger charge is -2.19. The smallest absolute Gasteiger partial charge is 0.229 e. The van der Waals surface area contributed by atoms with Crippen LogP contribution in [0, 0.1) is 0 Å². The summed E-state index contributed by atoms with van der Waals surface area (Å²) in [4.78, 5) is 23.6. The van der Waals surface area contributed by atoms with Crippen LogP contribution in [0.1, 0.15) is 33.6 Å². The zero-order valence-corrected chi connectivity index (χ0v) is 8.09. The minimum Gasteiger partial charge on any atom is -0.343 e. The number of nitrogens with zero attached hydrogens (tertiary/aromatic N) is 1. The van der Waals surface area contributed by atoms with E-state index in [1.807, 2.05) is 13.8 Å². The molecule has 0 radical (unpaired) electrons. The van der Waals surface area contributed by atoms with E-state index in [1.54, 1.807) is 4.90 Å². The van der Waals surface area contributed by atoms with Crippen molar-refractivity contribution in [3.8, 4) is 0 Å². The molecule has 0 saturated carbocycles. The predicted molar refractivity (Wildman–Crippen MR) is 47.8 cm³/mol. The summed E-state index contributed by atoms with van der Waals surface area (Å²) >= 11 is 0. The first-order chi connectivity index (χ1) is 5.61. The summed E-state index contributed by atoms with van der Waals surface area (Å²) < 4.78 is 0. The number of carbonyl (C=O) groups excluding carboxylic acids is 2. The first-order valence-electron chi connectivity index (χ1n) is 4.39. The van der Waals surface area contributed by atoms with Crippen LogP contribution in [0.15, 0.2) is 0 Å². The van der Waals surface area contributed by atoms with Crippen molar-refractivity contribution in [2.24, 2.45) is 0 Å². The topological polar surface area (TPSA) is 37.4 Å². The van der Waals surface area contributed by atoms with Crippen molar-refractivity contribution in [3.63, 3.8) is 0 Å². The van der Waals surface area contributed by atoms with Gasteiger partial charge in [0.1, 0.15) is 5.78 Å². The van der Waals surface area contributed by atoms with Gasteiger partial charge < -0.3 is 4.90 Å². The maximum absolute atomic E-state index is 11.3. The van der Waals surface area contributed by atoms with Gasteiger partial charge in [-0.2, -0.15) is 0 Å². The van der Waals surface area contributed by atoms with Crippen LogP contribution >= 0.6 is 0 Å². The molecule has 0 atom stereocenters. The van der Waals surface area contributed by atoms with Crippen molar-refractivity contribution < 1.29 is 9.59 Å². The maximum atomic E-state index is 11.3. The van der Waals surface area contributed by atoms with Gasteiger partial charge in [-0.05, 0) is 20.3 Å². The average molecular weight is 171 g/mol. The van der Waals surface area contributed by atoms with E-state index in [0.29, 0.717) is 6.54 Å². The normalized spacial score (nSPS) is 9.58. The number of ketones is 1. The number of hydrogen-bond donors (Lipinski definition) is 0. The van der Waals surface area contributed by atoms with Gasteiger partial charge in [-0.3, -0.25) is 9.59 Å². The number of hydrogen-bond acceptors (Lipinski definition) is 2. The van der Waals surface area contributed by atoms with Gasteiger partial charge in [0.05, 0.1) is 6.42 Å². The molecule has 1 amide bonds. The predicted octanol–water partition coefficient (Wildman–Crippen LogP) is 1.22. The fourth-order valence-electron chi connectivity index (χ4n) is 1.05. The fourth-order valence-corrected chi connectivity index (χ4v) is 1.05. The zero-order valence-electron chi connectivity index (χ0n) is 8.09. The summed E-state index contributed by atoms with van der Waals surface area (Å²) in [7, 11) is 0. The minimum atomic E-state index is -0.0606. The first kappa shape index (κ1) is 11.1. The molecular formula is C9H17NO2. The maximum Gasteiger partial charge on any atom is 0.229 e. The standard InChI is InChI=1S/C9H17NO2/c1-4-6-10(5-2)9(12)7-8(3)11/h4-7H2,1-3H3. The van der Waals surface area contributed by atoms with Gasteiger partial charge >= 0.3 is 0 Å². The van der Waals surface area contributed by atoms with E-state index in [2.05, 4.69) is 0 Å². The number of rotatable bonds is 5. The second-order valence-corrected chi connectivity index (χ2v) is 2.85. The van der Waals surface area contributed by atoms with Crippen molar-refractivity contribution in [1.82, 2.24) is 4.90 Å². The van der Waals surface area contributed by atoms with Crippen molar-refractivity contribution >= 4 is 11.7 Å². The van der Waals surface area contributed by atoms with Crippen molar-refractivity contribution in [3.05, 3.63) is 0 Å². The van der Waals surface area contributed by atoms with Crippen molar-refractivity contribution in [2.75, 3.05) is 13.1 Å². The Balaban J connectivity index is 3.93. The molecule has 0 rings (SSSR count). The Hall–Kier alpha value is -0.860. The van der Waals surface area contributed by atoms with E-state index in [4.69, 9.17) is 0 Å². The Bertz CT molecular complexity index is 166. The molecule has 12 heavy (non-hydrogen) atoms. The van der Waals surface area contributed by atoms with Gasteiger partial charge in [-0.15, -0.1) is 0 Å². The van der Waals surface area contributed by atoms with E-state index in [1.165, 1.54) is 6.92 Å². The molecule has 0 fully saturated rings. The molecule has 0 spiro atoms. The Kier molecular flexibility index (Phi) is 5.34. The molecule has 0 aliphatic carbocycles. The summed E-state index contributed by atoms with van der Waals surface area (Å²) in [5.41, 5.74) is 0. The SMILES string of the molecule is CCCN(CC)C(=O)CC(C)=O. The molecular weight excluding hydrogens is 154 g/mol. The quantitative estimate of drug-likeness (QED) is 0.583. The minimum absolute atomic E-state index is 0.0492. The molecule has 0 N–H and O–H groups in total. The fraction of sp³-hybridized carbons (Fsp3) is 0.778. The summed E-state index contributed by atoms with van der Waals surface area (Å²) in [6, 6.07) is 0. The Morgan fingerprint density at radius 2 is 1.83 bits per heavy atom. The molecule has 0 heterocycles. The largest absolute Gasteiger partial charge is 0.343 e. The van der Waals surface area contributed by atoms with Crippen molar-refractivity contribution in [2.45, 2.75) is 33.6 Å². The highest BCUT2D eigenvalue weighted by Crippen LogP contribution is 1.96. The van der Waals surface area contributed by atoms with E-state index in [9.17, 15) is 9.59 Å². The second kappa shape index (κ2) is 5.75. The van der Waals surface area contributed by atoms with Crippen LogP contribution in [-0.2, 0) is 9.59 Å². The van der Waals surface area contributed by atoms with Crippen molar-refractivity contribution in [1.29, 1.82) is 0 Å². The van der Waals surface area contributed by atoms with Crippen LogP contribution in [0.4, 0.5) is 0 Å². The van der Waals surface area contributed by atoms with E-state index >= 15 is 0 Å². The highest BCUT2D eigenvalue weighted by molar-refractivity contribution is 5.96. The molecule has 3 nitrogen and oxygen atoms in total. The number of Topliss-reactive ketones (excluding diaryl/α,β-unsaturated/α-hetero) is 1. The van der Waals surface area contributed by atoms with Crippen LogP contribution in [0.5, 0.6) is 0 Å². The number of carbonyl (C=O) groups is 2. The summed E-state index contributed by atoms with van der Waals surface area (Å²) in [6.07, 6.45) is 0.991. The summed E-state index contributed by atoms with van der Waals surface area (Å²) in [5, 5.41) is 0.